The highest BCUT2D eigenvalue weighted by Crippen LogP contribution is 2.36. The smallest absolute Gasteiger partial charge is 0.132 e. The number of aromatic nitrogens is 2. The van der Waals surface area contributed by atoms with Crippen molar-refractivity contribution in [1.29, 1.82) is 0 Å². The molecule has 0 radical (unpaired) electrons. The van der Waals surface area contributed by atoms with Crippen molar-refractivity contribution in [2.75, 3.05) is 14.2 Å². The van der Waals surface area contributed by atoms with Crippen molar-refractivity contribution < 1.29 is 9.47 Å². The molecule has 0 saturated carbocycles. The first kappa shape index (κ1) is 15.3. The molecule has 1 heterocycles. The maximum atomic E-state index is 5.79. The largest absolute Gasteiger partial charge is 0.496 e. The van der Waals surface area contributed by atoms with Gasteiger partial charge < -0.3 is 14.0 Å². The van der Waals surface area contributed by atoms with Gasteiger partial charge in [0.2, 0.25) is 0 Å². The normalized spacial score (nSPS) is 12.2. The Morgan fingerprint density at radius 3 is 2.48 bits per heavy atom. The summed E-state index contributed by atoms with van der Waals surface area (Å²) in [5.41, 5.74) is 3.67. The predicted molar refractivity (Wildman–Crippen MR) is 81.2 cm³/mol. The first-order chi connectivity index (χ1) is 10.3. The van der Waals surface area contributed by atoms with Crippen LogP contribution in [0.5, 0.6) is 11.5 Å². The van der Waals surface area contributed by atoms with E-state index >= 15 is 0 Å². The fraction of sp³-hybridized carbons (Fsp3) is 0.400. The number of aryl methyl sites for hydroxylation is 1. The van der Waals surface area contributed by atoms with Gasteiger partial charge in [0, 0.05) is 18.9 Å². The van der Waals surface area contributed by atoms with Gasteiger partial charge in [-0.1, -0.05) is 13.0 Å². The van der Waals surface area contributed by atoms with Crippen molar-refractivity contribution in [2.45, 2.75) is 25.9 Å². The third-order valence-electron chi connectivity index (χ3n) is 3.39. The topological polar surface area (TPSA) is 74.3 Å². The van der Waals surface area contributed by atoms with Gasteiger partial charge in [0.25, 0.3) is 0 Å². The van der Waals surface area contributed by atoms with Crippen molar-refractivity contribution in [1.82, 2.24) is 15.0 Å². The van der Waals surface area contributed by atoms with Crippen molar-refractivity contribution >= 4 is 0 Å². The second kappa shape index (κ2) is 7.10. The van der Waals surface area contributed by atoms with E-state index in [1.54, 1.807) is 20.4 Å². The Hall–Kier alpha value is -2.05. The van der Waals surface area contributed by atoms with Crippen LogP contribution >= 0.6 is 0 Å². The molecule has 2 rings (SSSR count). The monoisotopic (exact) mass is 290 g/mol. The molecule has 21 heavy (non-hydrogen) atoms. The van der Waals surface area contributed by atoms with Crippen LogP contribution in [-0.4, -0.2) is 23.8 Å². The van der Waals surface area contributed by atoms with E-state index in [1.165, 1.54) is 0 Å². The summed E-state index contributed by atoms with van der Waals surface area (Å²) in [6.07, 6.45) is 4.74. The SMILES string of the molecule is CCCn1ccnc1C(NN)c1c(OC)cccc1OC. The van der Waals surface area contributed by atoms with E-state index in [9.17, 15) is 0 Å². The molecule has 6 nitrogen and oxygen atoms in total. The molecule has 1 aromatic carbocycles. The van der Waals surface area contributed by atoms with Crippen molar-refractivity contribution in [3.63, 3.8) is 0 Å². The Morgan fingerprint density at radius 1 is 1.29 bits per heavy atom. The molecule has 0 saturated heterocycles. The molecule has 0 aliphatic rings. The van der Waals surface area contributed by atoms with Gasteiger partial charge in [-0.15, -0.1) is 0 Å². The van der Waals surface area contributed by atoms with Gasteiger partial charge in [0.1, 0.15) is 23.4 Å². The van der Waals surface area contributed by atoms with Crippen molar-refractivity contribution in [3.8, 4) is 11.5 Å². The van der Waals surface area contributed by atoms with Gasteiger partial charge in [-0.25, -0.2) is 10.4 Å². The molecule has 0 bridgehead atoms. The molecule has 0 aliphatic carbocycles. The van der Waals surface area contributed by atoms with E-state index < -0.39 is 0 Å². The highest BCUT2D eigenvalue weighted by atomic mass is 16.5. The minimum Gasteiger partial charge on any atom is -0.496 e. The number of nitrogens with two attached hydrogens (primary N) is 1. The predicted octanol–water partition coefficient (Wildman–Crippen LogP) is 1.86. The quantitative estimate of drug-likeness (QED) is 0.601. The summed E-state index contributed by atoms with van der Waals surface area (Å²) in [6.45, 7) is 3.00. The lowest BCUT2D eigenvalue weighted by molar-refractivity contribution is 0.374. The second-order valence-corrected chi connectivity index (χ2v) is 4.65. The summed E-state index contributed by atoms with van der Waals surface area (Å²) >= 11 is 0. The molecule has 0 fully saturated rings. The van der Waals surface area contributed by atoms with Gasteiger partial charge >= 0.3 is 0 Å². The van der Waals surface area contributed by atoms with Crippen LogP contribution < -0.4 is 20.7 Å². The van der Waals surface area contributed by atoms with Crippen LogP contribution in [0.1, 0.15) is 30.8 Å². The first-order valence-electron chi connectivity index (χ1n) is 6.94. The summed E-state index contributed by atoms with van der Waals surface area (Å²) < 4.78 is 13.0. The summed E-state index contributed by atoms with van der Waals surface area (Å²) in [5, 5.41) is 0. The van der Waals surface area contributed by atoms with E-state index in [0.717, 1.165) is 24.4 Å². The Kier molecular flexibility index (Phi) is 5.19. The zero-order chi connectivity index (χ0) is 15.2. The lowest BCUT2D eigenvalue weighted by Crippen LogP contribution is -2.31. The maximum absolute atomic E-state index is 5.79. The first-order valence-corrected chi connectivity index (χ1v) is 6.94. The van der Waals surface area contributed by atoms with E-state index in [0.29, 0.717) is 11.5 Å². The summed E-state index contributed by atoms with van der Waals surface area (Å²) in [4.78, 5) is 4.44. The number of ether oxygens (including phenoxy) is 2. The van der Waals surface area contributed by atoms with Crippen LogP contribution in [0.15, 0.2) is 30.6 Å². The lowest BCUT2D eigenvalue weighted by atomic mass is 10.0. The molecule has 0 spiro atoms. The van der Waals surface area contributed by atoms with Crippen LogP contribution in [0.4, 0.5) is 0 Å². The van der Waals surface area contributed by atoms with E-state index in [1.807, 2.05) is 24.4 Å². The van der Waals surface area contributed by atoms with Crippen LogP contribution in [0, 0.1) is 0 Å². The van der Waals surface area contributed by atoms with Crippen molar-refractivity contribution in [2.24, 2.45) is 5.84 Å². The molecule has 6 heteroatoms. The summed E-state index contributed by atoms with van der Waals surface area (Å²) in [5.74, 6) is 8.05. The van der Waals surface area contributed by atoms with E-state index in [-0.39, 0.29) is 6.04 Å². The standard InChI is InChI=1S/C15H22N4O2/c1-4-9-19-10-8-17-15(19)14(18-16)13-11(20-2)6-5-7-12(13)21-3/h5-8,10,14,18H,4,9,16H2,1-3H3. The van der Waals surface area contributed by atoms with Crippen molar-refractivity contribution in [3.05, 3.63) is 42.0 Å². The molecule has 1 unspecified atom stereocenters. The number of hydrogen-bond donors (Lipinski definition) is 2. The lowest BCUT2D eigenvalue weighted by Gasteiger charge is -2.22. The third kappa shape index (κ3) is 3.01. The molecule has 2 aromatic rings. The number of imidazole rings is 1. The van der Waals surface area contributed by atoms with Crippen LogP contribution in [0.25, 0.3) is 0 Å². The highest BCUT2D eigenvalue weighted by molar-refractivity contribution is 5.49. The number of benzene rings is 1. The molecule has 3 N–H and O–H groups in total. The number of methoxy groups -OCH3 is 2. The average Bonchev–Trinajstić information content (AvgIpc) is 2.97. The zero-order valence-electron chi connectivity index (χ0n) is 12.7. The molecular formula is C15H22N4O2. The van der Waals surface area contributed by atoms with Crippen LogP contribution in [-0.2, 0) is 6.54 Å². The summed E-state index contributed by atoms with van der Waals surface area (Å²) in [7, 11) is 3.26. The second-order valence-electron chi connectivity index (χ2n) is 4.65. The minimum absolute atomic E-state index is 0.308. The number of hydrogen-bond acceptors (Lipinski definition) is 5. The number of nitrogens with one attached hydrogen (secondary N) is 1. The minimum atomic E-state index is -0.308. The highest BCUT2D eigenvalue weighted by Gasteiger charge is 2.25. The maximum Gasteiger partial charge on any atom is 0.132 e. The Balaban J connectivity index is 2.53. The fourth-order valence-electron chi connectivity index (χ4n) is 2.46. The molecule has 1 atom stereocenters. The van der Waals surface area contributed by atoms with Gasteiger partial charge in [0.15, 0.2) is 0 Å². The number of nitrogens with zero attached hydrogens (tertiary/aromatic N) is 2. The van der Waals surface area contributed by atoms with Gasteiger partial charge in [-0.05, 0) is 18.6 Å². The Labute approximate surface area is 124 Å². The Morgan fingerprint density at radius 2 is 1.95 bits per heavy atom. The van der Waals surface area contributed by atoms with Gasteiger partial charge in [-0.3, -0.25) is 5.84 Å². The van der Waals surface area contributed by atoms with E-state index in [2.05, 4.69) is 21.9 Å². The van der Waals surface area contributed by atoms with Crippen LogP contribution in [0.2, 0.25) is 0 Å². The van der Waals surface area contributed by atoms with E-state index in [4.69, 9.17) is 15.3 Å². The summed E-state index contributed by atoms with van der Waals surface area (Å²) in [6, 6.07) is 5.34. The number of rotatable bonds is 7. The molecule has 0 aliphatic heterocycles. The molecule has 0 amide bonds. The molecular weight excluding hydrogens is 268 g/mol. The molecule has 1 aromatic heterocycles. The zero-order valence-corrected chi connectivity index (χ0v) is 12.7. The molecule has 114 valence electrons. The Bertz CT molecular complexity index is 561. The average molecular weight is 290 g/mol. The number of hydrazine groups is 1. The van der Waals surface area contributed by atoms with Crippen LogP contribution in [0.3, 0.4) is 0 Å². The third-order valence-corrected chi connectivity index (χ3v) is 3.39. The van der Waals surface area contributed by atoms with Gasteiger partial charge in [0.05, 0.1) is 19.8 Å². The fourth-order valence-corrected chi connectivity index (χ4v) is 2.46. The van der Waals surface area contributed by atoms with Gasteiger partial charge in [-0.2, -0.15) is 0 Å².